The van der Waals surface area contributed by atoms with E-state index in [0.29, 0.717) is 5.75 Å². The van der Waals surface area contributed by atoms with Crippen molar-refractivity contribution in [1.29, 1.82) is 0 Å². The highest BCUT2D eigenvalue weighted by atomic mass is 16.3. The SMILES string of the molecule is CC(C)(C)c1cccc(C(C)(C)C)c1O.O=CO. The molecule has 18 heavy (non-hydrogen) atoms. The summed E-state index contributed by atoms with van der Waals surface area (Å²) in [6.07, 6.45) is 0. The molecule has 0 saturated heterocycles. The number of benzene rings is 1. The Morgan fingerprint density at radius 1 is 0.944 bits per heavy atom. The van der Waals surface area contributed by atoms with Gasteiger partial charge in [-0.15, -0.1) is 0 Å². The summed E-state index contributed by atoms with van der Waals surface area (Å²) in [4.78, 5) is 8.36. The standard InChI is InChI=1S/C14H22O.CH2O2/c1-13(2,3)10-8-7-9-11(12(10)15)14(4,5)6;2-1-3/h7-9,15H,1-6H3;1H,(H,2,3). The second kappa shape index (κ2) is 5.89. The maximum absolute atomic E-state index is 10.3. The molecular formula is C15H24O3. The van der Waals surface area contributed by atoms with Gasteiger partial charge in [0.2, 0.25) is 0 Å². The molecule has 3 heteroatoms. The van der Waals surface area contributed by atoms with Crippen molar-refractivity contribution >= 4 is 6.47 Å². The van der Waals surface area contributed by atoms with E-state index in [9.17, 15) is 5.11 Å². The molecule has 0 spiro atoms. The number of hydrogen-bond acceptors (Lipinski definition) is 2. The first-order chi connectivity index (χ1) is 8.05. The van der Waals surface area contributed by atoms with Crippen LogP contribution in [0.2, 0.25) is 0 Å². The van der Waals surface area contributed by atoms with Crippen LogP contribution in [0.4, 0.5) is 0 Å². The van der Waals surface area contributed by atoms with E-state index in [4.69, 9.17) is 9.90 Å². The van der Waals surface area contributed by atoms with Gasteiger partial charge in [-0.05, 0) is 22.0 Å². The van der Waals surface area contributed by atoms with Gasteiger partial charge in [0.1, 0.15) is 5.75 Å². The molecule has 0 amide bonds. The van der Waals surface area contributed by atoms with Gasteiger partial charge in [-0.1, -0.05) is 59.7 Å². The summed E-state index contributed by atoms with van der Waals surface area (Å²) >= 11 is 0. The largest absolute Gasteiger partial charge is 0.507 e. The molecule has 0 unspecified atom stereocenters. The van der Waals surface area contributed by atoms with Crippen LogP contribution in [0.15, 0.2) is 18.2 Å². The summed E-state index contributed by atoms with van der Waals surface area (Å²) in [6.45, 7) is 12.5. The number of hydrogen-bond donors (Lipinski definition) is 2. The predicted molar refractivity (Wildman–Crippen MR) is 74.2 cm³/mol. The maximum Gasteiger partial charge on any atom is 0.290 e. The number of carboxylic acid groups (broad SMARTS) is 1. The molecule has 0 radical (unpaired) electrons. The quantitative estimate of drug-likeness (QED) is 0.692. The summed E-state index contributed by atoms with van der Waals surface area (Å²) in [5, 5.41) is 17.1. The molecule has 3 nitrogen and oxygen atoms in total. The van der Waals surface area contributed by atoms with Crippen molar-refractivity contribution in [3.8, 4) is 5.75 Å². The average molecular weight is 252 g/mol. The molecule has 0 fully saturated rings. The van der Waals surface area contributed by atoms with Crippen molar-refractivity contribution in [2.75, 3.05) is 0 Å². The molecule has 1 aromatic carbocycles. The van der Waals surface area contributed by atoms with Gasteiger partial charge in [-0.25, -0.2) is 0 Å². The van der Waals surface area contributed by atoms with Gasteiger partial charge in [-0.2, -0.15) is 0 Å². The lowest BCUT2D eigenvalue weighted by atomic mass is 9.80. The van der Waals surface area contributed by atoms with Gasteiger partial charge in [0.15, 0.2) is 0 Å². The molecule has 0 bridgehead atoms. The molecule has 0 aliphatic heterocycles. The van der Waals surface area contributed by atoms with Gasteiger partial charge < -0.3 is 10.2 Å². The lowest BCUT2D eigenvalue weighted by molar-refractivity contribution is -0.122. The van der Waals surface area contributed by atoms with Crippen LogP contribution in [0.5, 0.6) is 5.75 Å². The minimum atomic E-state index is -0.250. The second-order valence-electron chi connectivity index (χ2n) is 6.31. The number of phenolic OH excluding ortho intramolecular Hbond substituents is 1. The lowest BCUT2D eigenvalue weighted by Gasteiger charge is -2.26. The first-order valence-electron chi connectivity index (χ1n) is 5.96. The van der Waals surface area contributed by atoms with Crippen LogP contribution >= 0.6 is 0 Å². The fourth-order valence-electron chi connectivity index (χ4n) is 1.75. The van der Waals surface area contributed by atoms with Crippen molar-refractivity contribution in [3.63, 3.8) is 0 Å². The molecule has 2 N–H and O–H groups in total. The third kappa shape index (κ3) is 4.40. The summed E-state index contributed by atoms with van der Waals surface area (Å²) in [5.41, 5.74) is 2.03. The van der Waals surface area contributed by atoms with Crippen molar-refractivity contribution in [2.24, 2.45) is 0 Å². The molecule has 0 heterocycles. The Labute approximate surface area is 109 Å². The van der Waals surface area contributed by atoms with Crippen LogP contribution in [-0.4, -0.2) is 16.7 Å². The van der Waals surface area contributed by atoms with Crippen molar-refractivity contribution in [3.05, 3.63) is 29.3 Å². The summed E-state index contributed by atoms with van der Waals surface area (Å²) in [7, 11) is 0. The number of phenols is 1. The van der Waals surface area contributed by atoms with Gasteiger partial charge >= 0.3 is 0 Å². The monoisotopic (exact) mass is 252 g/mol. The second-order valence-corrected chi connectivity index (χ2v) is 6.31. The first kappa shape index (κ1) is 16.5. The zero-order valence-corrected chi connectivity index (χ0v) is 12.1. The van der Waals surface area contributed by atoms with E-state index in [2.05, 4.69) is 41.5 Å². The molecule has 0 aliphatic carbocycles. The third-order valence-corrected chi connectivity index (χ3v) is 2.65. The van der Waals surface area contributed by atoms with E-state index in [1.807, 2.05) is 18.2 Å². The number of aromatic hydroxyl groups is 1. The minimum Gasteiger partial charge on any atom is -0.507 e. The summed E-state index contributed by atoms with van der Waals surface area (Å²) in [5.74, 6) is 0.456. The highest BCUT2D eigenvalue weighted by Crippen LogP contribution is 2.38. The highest BCUT2D eigenvalue weighted by molar-refractivity contribution is 5.46. The topological polar surface area (TPSA) is 57.5 Å². The normalized spacial score (nSPS) is 11.4. The van der Waals surface area contributed by atoms with Gasteiger partial charge in [0.05, 0.1) is 0 Å². The fraction of sp³-hybridized carbons (Fsp3) is 0.533. The van der Waals surface area contributed by atoms with Crippen LogP contribution in [0, 0.1) is 0 Å². The molecule has 0 atom stereocenters. The Balaban J connectivity index is 0.000000873. The van der Waals surface area contributed by atoms with Crippen LogP contribution in [0.25, 0.3) is 0 Å². The molecule has 0 aromatic heterocycles. The van der Waals surface area contributed by atoms with Gasteiger partial charge in [-0.3, -0.25) is 4.79 Å². The van der Waals surface area contributed by atoms with Gasteiger partial charge in [0, 0.05) is 0 Å². The predicted octanol–water partition coefficient (Wildman–Crippen LogP) is 3.69. The number of para-hydroxylation sites is 1. The fourth-order valence-corrected chi connectivity index (χ4v) is 1.75. The Morgan fingerprint density at radius 3 is 1.44 bits per heavy atom. The van der Waals surface area contributed by atoms with E-state index in [1.54, 1.807) is 0 Å². The lowest BCUT2D eigenvalue weighted by Crippen LogP contribution is -2.16. The Bertz CT molecular complexity index is 363. The first-order valence-corrected chi connectivity index (χ1v) is 5.96. The summed E-state index contributed by atoms with van der Waals surface area (Å²) < 4.78 is 0. The third-order valence-electron chi connectivity index (χ3n) is 2.65. The zero-order chi connectivity index (χ0) is 14.6. The van der Waals surface area contributed by atoms with E-state index >= 15 is 0 Å². The van der Waals surface area contributed by atoms with Crippen LogP contribution in [0.3, 0.4) is 0 Å². The molecule has 0 saturated carbocycles. The Kier molecular flexibility index (Phi) is 5.40. The van der Waals surface area contributed by atoms with Crippen molar-refractivity contribution in [1.82, 2.24) is 0 Å². The van der Waals surface area contributed by atoms with Crippen LogP contribution in [-0.2, 0) is 15.6 Å². The Morgan fingerprint density at radius 2 is 1.22 bits per heavy atom. The van der Waals surface area contributed by atoms with Crippen molar-refractivity contribution < 1.29 is 15.0 Å². The van der Waals surface area contributed by atoms with E-state index in [0.717, 1.165) is 11.1 Å². The highest BCUT2D eigenvalue weighted by Gasteiger charge is 2.24. The van der Waals surface area contributed by atoms with E-state index in [1.165, 1.54) is 0 Å². The van der Waals surface area contributed by atoms with Crippen molar-refractivity contribution in [2.45, 2.75) is 52.4 Å². The average Bonchev–Trinajstić information content (AvgIpc) is 2.15. The maximum atomic E-state index is 10.3. The molecule has 102 valence electrons. The molecule has 1 aromatic rings. The van der Waals surface area contributed by atoms with Crippen LogP contribution in [0.1, 0.15) is 52.7 Å². The molecule has 0 aliphatic rings. The van der Waals surface area contributed by atoms with Crippen LogP contribution < -0.4 is 0 Å². The van der Waals surface area contributed by atoms with E-state index < -0.39 is 0 Å². The Hall–Kier alpha value is -1.51. The number of rotatable bonds is 0. The van der Waals surface area contributed by atoms with E-state index in [-0.39, 0.29) is 17.3 Å². The van der Waals surface area contributed by atoms with Gasteiger partial charge in [0.25, 0.3) is 6.47 Å². The molecule has 1 rings (SSSR count). The smallest absolute Gasteiger partial charge is 0.290 e. The summed E-state index contributed by atoms with van der Waals surface area (Å²) in [6, 6.07) is 6.04. The zero-order valence-electron chi connectivity index (χ0n) is 12.1. The minimum absolute atomic E-state index is 0.00859. The molecular weight excluding hydrogens is 228 g/mol. The number of carbonyl (C=O) groups is 1.